The smallest absolute Gasteiger partial charge is 0.355 e. The molecule has 0 amide bonds. The first-order valence-electron chi connectivity index (χ1n) is 5.28. The summed E-state index contributed by atoms with van der Waals surface area (Å²) in [5.41, 5.74) is 1.87. The number of pyridine rings is 1. The zero-order valence-corrected chi connectivity index (χ0v) is 10.0. The number of hydrogen-bond acceptors (Lipinski definition) is 4. The fraction of sp³-hybridized carbons (Fsp3) is 0. The van der Waals surface area contributed by atoms with Crippen LogP contribution in [-0.4, -0.2) is 21.0 Å². The van der Waals surface area contributed by atoms with Gasteiger partial charge in [0.1, 0.15) is 5.01 Å². The SMILES string of the molecule is O=C(O)c1csc(-c2ccnc3ccccc23)n1. The summed E-state index contributed by atoms with van der Waals surface area (Å²) < 4.78 is 0. The van der Waals surface area contributed by atoms with Crippen LogP contribution in [0.3, 0.4) is 0 Å². The van der Waals surface area contributed by atoms with E-state index in [4.69, 9.17) is 5.11 Å². The molecule has 88 valence electrons. The number of para-hydroxylation sites is 1. The molecule has 3 rings (SSSR count). The minimum atomic E-state index is -1.00. The predicted octanol–water partition coefficient (Wildman–Crippen LogP) is 3.06. The van der Waals surface area contributed by atoms with Crippen LogP contribution in [0.15, 0.2) is 41.9 Å². The van der Waals surface area contributed by atoms with E-state index in [-0.39, 0.29) is 5.69 Å². The third-order valence-electron chi connectivity index (χ3n) is 2.60. The third-order valence-corrected chi connectivity index (χ3v) is 3.48. The number of hydrogen-bond donors (Lipinski definition) is 1. The number of rotatable bonds is 2. The molecule has 0 saturated heterocycles. The molecule has 0 aliphatic carbocycles. The van der Waals surface area contributed by atoms with E-state index in [2.05, 4.69) is 9.97 Å². The van der Waals surface area contributed by atoms with Crippen LogP contribution in [0.1, 0.15) is 10.5 Å². The molecule has 5 heteroatoms. The van der Waals surface area contributed by atoms with E-state index in [9.17, 15) is 4.79 Å². The lowest BCUT2D eigenvalue weighted by atomic mass is 10.1. The Kier molecular flexibility index (Phi) is 2.53. The molecule has 0 unspecified atom stereocenters. The first kappa shape index (κ1) is 10.9. The van der Waals surface area contributed by atoms with Gasteiger partial charge in [0.25, 0.3) is 0 Å². The number of fused-ring (bicyclic) bond motifs is 1. The number of carboxylic acids is 1. The van der Waals surface area contributed by atoms with Gasteiger partial charge in [0.15, 0.2) is 5.69 Å². The van der Waals surface area contributed by atoms with Gasteiger partial charge < -0.3 is 5.11 Å². The zero-order chi connectivity index (χ0) is 12.5. The Morgan fingerprint density at radius 2 is 2.06 bits per heavy atom. The van der Waals surface area contributed by atoms with E-state index in [0.717, 1.165) is 16.5 Å². The Morgan fingerprint density at radius 1 is 1.22 bits per heavy atom. The topological polar surface area (TPSA) is 63.1 Å². The lowest BCUT2D eigenvalue weighted by Gasteiger charge is -2.01. The molecular formula is C13H8N2O2S. The van der Waals surface area contributed by atoms with Crippen LogP contribution in [0.4, 0.5) is 0 Å². The van der Waals surface area contributed by atoms with E-state index >= 15 is 0 Å². The number of nitrogens with zero attached hydrogens (tertiary/aromatic N) is 2. The Hall–Kier alpha value is -2.27. The van der Waals surface area contributed by atoms with Gasteiger partial charge in [-0.3, -0.25) is 4.98 Å². The van der Waals surface area contributed by atoms with Gasteiger partial charge in [0, 0.05) is 22.5 Å². The fourth-order valence-electron chi connectivity index (χ4n) is 1.78. The quantitative estimate of drug-likeness (QED) is 0.765. The molecule has 1 N–H and O–H groups in total. The molecule has 0 saturated carbocycles. The molecule has 1 aromatic carbocycles. The maximum atomic E-state index is 10.8. The van der Waals surface area contributed by atoms with Gasteiger partial charge in [0.05, 0.1) is 5.52 Å². The van der Waals surface area contributed by atoms with Crippen LogP contribution in [0, 0.1) is 0 Å². The van der Waals surface area contributed by atoms with Crippen molar-refractivity contribution in [3.05, 3.63) is 47.6 Å². The number of benzene rings is 1. The molecule has 0 bridgehead atoms. The minimum Gasteiger partial charge on any atom is -0.476 e. The Morgan fingerprint density at radius 3 is 2.83 bits per heavy atom. The molecule has 0 atom stereocenters. The molecule has 0 fully saturated rings. The first-order valence-corrected chi connectivity index (χ1v) is 6.16. The fourth-order valence-corrected chi connectivity index (χ4v) is 2.61. The second kappa shape index (κ2) is 4.19. The highest BCUT2D eigenvalue weighted by atomic mass is 32.1. The van der Waals surface area contributed by atoms with Gasteiger partial charge in [-0.05, 0) is 12.1 Å². The lowest BCUT2D eigenvalue weighted by Crippen LogP contribution is -1.95. The second-order valence-corrected chi connectivity index (χ2v) is 4.58. The molecule has 0 aliphatic heterocycles. The Bertz CT molecular complexity index is 731. The minimum absolute atomic E-state index is 0.0795. The number of thiazole rings is 1. The molecule has 3 aromatic rings. The summed E-state index contributed by atoms with van der Waals surface area (Å²) in [7, 11) is 0. The number of aromatic nitrogens is 2. The lowest BCUT2D eigenvalue weighted by molar-refractivity contribution is 0.0691. The van der Waals surface area contributed by atoms with Crippen LogP contribution in [-0.2, 0) is 0 Å². The van der Waals surface area contributed by atoms with Gasteiger partial charge >= 0.3 is 5.97 Å². The molecular weight excluding hydrogens is 248 g/mol. The maximum Gasteiger partial charge on any atom is 0.355 e. The van der Waals surface area contributed by atoms with Crippen LogP contribution < -0.4 is 0 Å². The molecule has 2 aromatic heterocycles. The molecule has 0 radical (unpaired) electrons. The van der Waals surface area contributed by atoms with Gasteiger partial charge in [-0.15, -0.1) is 11.3 Å². The summed E-state index contributed by atoms with van der Waals surface area (Å²) in [6.07, 6.45) is 1.71. The van der Waals surface area contributed by atoms with Crippen molar-refractivity contribution in [1.29, 1.82) is 0 Å². The highest BCUT2D eigenvalue weighted by molar-refractivity contribution is 7.13. The van der Waals surface area contributed by atoms with Crippen molar-refractivity contribution in [2.24, 2.45) is 0 Å². The van der Waals surface area contributed by atoms with E-state index < -0.39 is 5.97 Å². The van der Waals surface area contributed by atoms with Crippen molar-refractivity contribution in [3.8, 4) is 10.6 Å². The second-order valence-electron chi connectivity index (χ2n) is 3.72. The summed E-state index contributed by atoms with van der Waals surface area (Å²) in [4.78, 5) is 19.2. The average Bonchev–Trinajstić information content (AvgIpc) is 2.87. The number of carbonyl (C=O) groups is 1. The first-order chi connectivity index (χ1) is 8.75. The molecule has 4 nitrogen and oxygen atoms in total. The van der Waals surface area contributed by atoms with Gasteiger partial charge in [-0.2, -0.15) is 0 Å². The average molecular weight is 256 g/mol. The van der Waals surface area contributed by atoms with Crippen molar-refractivity contribution in [2.45, 2.75) is 0 Å². The summed E-state index contributed by atoms with van der Waals surface area (Å²) >= 11 is 1.33. The zero-order valence-electron chi connectivity index (χ0n) is 9.20. The van der Waals surface area contributed by atoms with E-state index in [1.165, 1.54) is 11.3 Å². The molecule has 0 spiro atoms. The van der Waals surface area contributed by atoms with E-state index in [0.29, 0.717) is 5.01 Å². The highest BCUT2D eigenvalue weighted by Gasteiger charge is 2.12. The number of aromatic carboxylic acids is 1. The van der Waals surface area contributed by atoms with Crippen molar-refractivity contribution in [3.63, 3.8) is 0 Å². The Balaban J connectivity index is 2.21. The van der Waals surface area contributed by atoms with Crippen LogP contribution in [0.25, 0.3) is 21.5 Å². The number of carboxylic acid groups (broad SMARTS) is 1. The molecule has 0 aliphatic rings. The van der Waals surface area contributed by atoms with Gasteiger partial charge in [-0.1, -0.05) is 18.2 Å². The highest BCUT2D eigenvalue weighted by Crippen LogP contribution is 2.29. The molecule has 2 heterocycles. The van der Waals surface area contributed by atoms with Crippen molar-refractivity contribution < 1.29 is 9.90 Å². The van der Waals surface area contributed by atoms with Crippen LogP contribution in [0.2, 0.25) is 0 Å². The largest absolute Gasteiger partial charge is 0.476 e. The summed E-state index contributed by atoms with van der Waals surface area (Å²) in [6.45, 7) is 0. The predicted molar refractivity (Wildman–Crippen MR) is 69.8 cm³/mol. The summed E-state index contributed by atoms with van der Waals surface area (Å²) in [5, 5.41) is 12.1. The van der Waals surface area contributed by atoms with Crippen molar-refractivity contribution >= 4 is 28.2 Å². The van der Waals surface area contributed by atoms with E-state index in [1.807, 2.05) is 30.3 Å². The summed E-state index contributed by atoms with van der Waals surface area (Å²) in [5.74, 6) is -1.00. The monoisotopic (exact) mass is 256 g/mol. The van der Waals surface area contributed by atoms with Gasteiger partial charge in [-0.25, -0.2) is 9.78 Å². The summed E-state index contributed by atoms with van der Waals surface area (Å²) in [6, 6.07) is 9.58. The van der Waals surface area contributed by atoms with E-state index in [1.54, 1.807) is 11.6 Å². The van der Waals surface area contributed by atoms with Crippen molar-refractivity contribution in [2.75, 3.05) is 0 Å². The van der Waals surface area contributed by atoms with Gasteiger partial charge in [0.2, 0.25) is 0 Å². The van der Waals surface area contributed by atoms with Crippen molar-refractivity contribution in [1.82, 2.24) is 9.97 Å². The standard InChI is InChI=1S/C13H8N2O2S/c16-13(17)11-7-18-12(15-11)9-5-6-14-10-4-2-1-3-8(9)10/h1-7H,(H,16,17). The third kappa shape index (κ3) is 1.74. The van der Waals surface area contributed by atoms with Crippen LogP contribution in [0.5, 0.6) is 0 Å². The Labute approximate surface area is 107 Å². The van der Waals surface area contributed by atoms with Crippen LogP contribution >= 0.6 is 11.3 Å². The molecule has 18 heavy (non-hydrogen) atoms. The normalized spacial score (nSPS) is 10.7. The maximum absolute atomic E-state index is 10.8.